The van der Waals surface area contributed by atoms with Gasteiger partial charge in [0.25, 0.3) is 0 Å². The molecule has 0 spiro atoms. The first-order chi connectivity index (χ1) is 7.09. The highest BCUT2D eigenvalue weighted by Gasteiger charge is 2.24. The molecule has 86 valence electrons. The Morgan fingerprint density at radius 2 is 2.40 bits per heavy atom. The molecule has 0 saturated heterocycles. The third-order valence-corrected chi connectivity index (χ3v) is 3.13. The van der Waals surface area contributed by atoms with Gasteiger partial charge in [0, 0.05) is 6.42 Å². The summed E-state index contributed by atoms with van der Waals surface area (Å²) in [6, 6.07) is 0. The largest absolute Gasteiger partial charge is 0.394 e. The van der Waals surface area contributed by atoms with E-state index in [1.807, 2.05) is 13.8 Å². The normalized spacial score (nSPS) is 23.8. The number of hydrogen-bond donors (Lipinski definition) is 2. The topological polar surface area (TPSA) is 49.3 Å². The van der Waals surface area contributed by atoms with Crippen molar-refractivity contribution in [3.8, 4) is 0 Å². The fourth-order valence-electron chi connectivity index (χ4n) is 1.73. The van der Waals surface area contributed by atoms with Crippen LogP contribution in [0.2, 0.25) is 0 Å². The van der Waals surface area contributed by atoms with E-state index >= 15 is 0 Å². The first kappa shape index (κ1) is 12.2. The summed E-state index contributed by atoms with van der Waals surface area (Å²) in [5, 5.41) is 12.1. The number of aliphatic hydroxyl groups excluding tert-OH is 1. The van der Waals surface area contributed by atoms with Crippen molar-refractivity contribution in [3.63, 3.8) is 0 Å². The van der Waals surface area contributed by atoms with Crippen molar-refractivity contribution in [2.24, 2.45) is 5.92 Å². The summed E-state index contributed by atoms with van der Waals surface area (Å²) in [7, 11) is 0. The maximum absolute atomic E-state index is 11.7. The second-order valence-corrected chi connectivity index (χ2v) is 4.59. The number of allylic oxidation sites excluding steroid dienone is 2. The number of carbonyl (C=O) groups is 1. The fraction of sp³-hybridized carbons (Fsp3) is 0.750. The summed E-state index contributed by atoms with van der Waals surface area (Å²) >= 11 is 0. The molecule has 0 heterocycles. The first-order valence-corrected chi connectivity index (χ1v) is 5.68. The fourth-order valence-corrected chi connectivity index (χ4v) is 1.73. The van der Waals surface area contributed by atoms with Crippen molar-refractivity contribution in [2.75, 3.05) is 6.61 Å². The van der Waals surface area contributed by atoms with Gasteiger partial charge in [-0.25, -0.2) is 0 Å². The maximum atomic E-state index is 11.7. The van der Waals surface area contributed by atoms with E-state index in [4.69, 9.17) is 5.11 Å². The van der Waals surface area contributed by atoms with Gasteiger partial charge in [0.1, 0.15) is 0 Å². The van der Waals surface area contributed by atoms with Gasteiger partial charge in [-0.2, -0.15) is 0 Å². The van der Waals surface area contributed by atoms with Gasteiger partial charge < -0.3 is 10.4 Å². The Morgan fingerprint density at radius 3 is 2.87 bits per heavy atom. The zero-order valence-electron chi connectivity index (χ0n) is 9.62. The number of rotatable bonds is 5. The number of amides is 1. The van der Waals surface area contributed by atoms with Gasteiger partial charge in [-0.3, -0.25) is 4.79 Å². The van der Waals surface area contributed by atoms with Crippen LogP contribution in [-0.2, 0) is 4.79 Å². The van der Waals surface area contributed by atoms with E-state index < -0.39 is 5.54 Å². The van der Waals surface area contributed by atoms with Crippen LogP contribution in [0.15, 0.2) is 12.2 Å². The molecular weight excluding hydrogens is 190 g/mol. The van der Waals surface area contributed by atoms with Crippen LogP contribution in [0.1, 0.15) is 39.5 Å². The highest BCUT2D eigenvalue weighted by Crippen LogP contribution is 2.20. The average molecular weight is 211 g/mol. The van der Waals surface area contributed by atoms with Gasteiger partial charge in [0.15, 0.2) is 0 Å². The third kappa shape index (κ3) is 3.67. The maximum Gasteiger partial charge on any atom is 0.221 e. The van der Waals surface area contributed by atoms with Crippen LogP contribution >= 0.6 is 0 Å². The standard InChI is InChI=1S/C12H21NO2/c1-3-12(2,9-14)13-11(15)8-10-6-4-5-7-10/h4,6,10,14H,3,5,7-9H2,1-2H3,(H,13,15). The molecule has 1 amide bonds. The second-order valence-electron chi connectivity index (χ2n) is 4.59. The minimum Gasteiger partial charge on any atom is -0.394 e. The zero-order chi connectivity index (χ0) is 11.3. The SMILES string of the molecule is CCC(C)(CO)NC(=O)CC1C=CCC1. The van der Waals surface area contributed by atoms with Crippen molar-refractivity contribution in [1.29, 1.82) is 0 Å². The molecule has 0 radical (unpaired) electrons. The summed E-state index contributed by atoms with van der Waals surface area (Å²) in [6.45, 7) is 3.83. The Bertz CT molecular complexity index is 244. The summed E-state index contributed by atoms with van der Waals surface area (Å²) in [6.07, 6.45) is 7.70. The lowest BCUT2D eigenvalue weighted by Gasteiger charge is -2.27. The number of nitrogens with one attached hydrogen (secondary N) is 1. The van der Waals surface area contributed by atoms with E-state index in [0.717, 1.165) is 19.3 Å². The summed E-state index contributed by atoms with van der Waals surface area (Å²) in [5.74, 6) is 0.440. The predicted octanol–water partition coefficient (Wildman–Crippen LogP) is 1.62. The minimum absolute atomic E-state index is 0.00422. The molecule has 3 heteroatoms. The monoisotopic (exact) mass is 211 g/mol. The summed E-state index contributed by atoms with van der Waals surface area (Å²) in [4.78, 5) is 11.7. The van der Waals surface area contributed by atoms with Gasteiger partial charge in [0.05, 0.1) is 12.1 Å². The van der Waals surface area contributed by atoms with Crippen LogP contribution in [0, 0.1) is 5.92 Å². The molecule has 0 fully saturated rings. The molecule has 2 N–H and O–H groups in total. The lowest BCUT2D eigenvalue weighted by molar-refractivity contribution is -0.124. The van der Waals surface area contributed by atoms with Crippen molar-refractivity contribution in [3.05, 3.63) is 12.2 Å². The quantitative estimate of drug-likeness (QED) is 0.679. The molecule has 1 aliphatic rings. The Labute approximate surface area is 91.6 Å². The third-order valence-electron chi connectivity index (χ3n) is 3.13. The van der Waals surface area contributed by atoms with Gasteiger partial charge in [0.2, 0.25) is 5.91 Å². The van der Waals surface area contributed by atoms with Gasteiger partial charge in [-0.1, -0.05) is 19.1 Å². The van der Waals surface area contributed by atoms with Crippen LogP contribution in [0.5, 0.6) is 0 Å². The molecule has 0 aromatic heterocycles. The van der Waals surface area contributed by atoms with E-state index in [2.05, 4.69) is 17.5 Å². The molecule has 3 nitrogen and oxygen atoms in total. The summed E-state index contributed by atoms with van der Waals surface area (Å²) < 4.78 is 0. The number of hydrogen-bond acceptors (Lipinski definition) is 2. The molecule has 0 saturated carbocycles. The first-order valence-electron chi connectivity index (χ1n) is 5.68. The molecule has 2 unspecified atom stereocenters. The molecular formula is C12H21NO2. The van der Waals surface area contributed by atoms with E-state index in [0.29, 0.717) is 12.3 Å². The molecule has 2 atom stereocenters. The van der Waals surface area contributed by atoms with E-state index in [9.17, 15) is 4.79 Å². The Morgan fingerprint density at radius 1 is 1.67 bits per heavy atom. The molecule has 0 bridgehead atoms. The van der Waals surface area contributed by atoms with Crippen LogP contribution in [-0.4, -0.2) is 23.2 Å². The Hall–Kier alpha value is -0.830. The lowest BCUT2D eigenvalue weighted by Crippen LogP contribution is -2.48. The van der Waals surface area contributed by atoms with E-state index in [1.54, 1.807) is 0 Å². The van der Waals surface area contributed by atoms with Crippen molar-refractivity contribution in [1.82, 2.24) is 5.32 Å². The summed E-state index contributed by atoms with van der Waals surface area (Å²) in [5.41, 5.74) is -0.459. The molecule has 0 aromatic rings. The highest BCUT2D eigenvalue weighted by atomic mass is 16.3. The van der Waals surface area contributed by atoms with Crippen LogP contribution < -0.4 is 5.32 Å². The van der Waals surface area contributed by atoms with Crippen LogP contribution in [0.4, 0.5) is 0 Å². The molecule has 0 aliphatic heterocycles. The predicted molar refractivity (Wildman–Crippen MR) is 60.4 cm³/mol. The highest BCUT2D eigenvalue weighted by molar-refractivity contribution is 5.77. The second kappa shape index (κ2) is 5.31. The smallest absolute Gasteiger partial charge is 0.221 e. The Kier molecular flexibility index (Phi) is 4.33. The van der Waals surface area contributed by atoms with Crippen LogP contribution in [0.3, 0.4) is 0 Å². The van der Waals surface area contributed by atoms with Gasteiger partial charge >= 0.3 is 0 Å². The van der Waals surface area contributed by atoms with E-state index in [-0.39, 0.29) is 12.5 Å². The number of carbonyl (C=O) groups excluding carboxylic acids is 1. The average Bonchev–Trinajstić information content (AvgIpc) is 2.70. The molecule has 15 heavy (non-hydrogen) atoms. The zero-order valence-corrected chi connectivity index (χ0v) is 9.62. The van der Waals surface area contributed by atoms with Crippen molar-refractivity contribution in [2.45, 2.75) is 45.1 Å². The van der Waals surface area contributed by atoms with Crippen LogP contribution in [0.25, 0.3) is 0 Å². The Balaban J connectivity index is 2.37. The van der Waals surface area contributed by atoms with Crippen molar-refractivity contribution >= 4 is 5.91 Å². The van der Waals surface area contributed by atoms with E-state index in [1.165, 1.54) is 0 Å². The lowest BCUT2D eigenvalue weighted by atomic mass is 9.98. The molecule has 0 aromatic carbocycles. The molecule has 1 rings (SSSR count). The van der Waals surface area contributed by atoms with Gasteiger partial charge in [-0.05, 0) is 32.1 Å². The minimum atomic E-state index is -0.459. The molecule has 1 aliphatic carbocycles. The number of aliphatic hydroxyl groups is 1. The van der Waals surface area contributed by atoms with Crippen molar-refractivity contribution < 1.29 is 9.90 Å². The van der Waals surface area contributed by atoms with Gasteiger partial charge in [-0.15, -0.1) is 0 Å².